The topological polar surface area (TPSA) is 0 Å². The second-order valence-electron chi connectivity index (χ2n) is 2.62. The Labute approximate surface area is 80.8 Å². The third-order valence-electron chi connectivity index (χ3n) is 1.79. The number of hydrogen-bond acceptors (Lipinski definition) is 1. The van der Waals surface area contributed by atoms with Gasteiger partial charge in [-0.25, -0.2) is 0 Å². The van der Waals surface area contributed by atoms with E-state index >= 15 is 0 Å². The summed E-state index contributed by atoms with van der Waals surface area (Å²) in [4.78, 5) is 1.29. The molecule has 1 radical (unpaired) electrons. The quantitative estimate of drug-likeness (QED) is 0.647. The summed E-state index contributed by atoms with van der Waals surface area (Å²) in [6.07, 6.45) is 0.843. The second kappa shape index (κ2) is 3.08. The zero-order valence-corrected chi connectivity index (χ0v) is 8.08. The van der Waals surface area contributed by atoms with Gasteiger partial charge in [0.25, 0.3) is 0 Å². The van der Waals surface area contributed by atoms with E-state index in [2.05, 4.69) is 19.1 Å². The monoisotopic (exact) mass is 195 g/mol. The maximum atomic E-state index is 6.02. The Hall–Kier alpha value is -0.530. The van der Waals surface area contributed by atoms with E-state index in [9.17, 15) is 0 Å². The Morgan fingerprint density at radius 3 is 2.92 bits per heavy atom. The van der Waals surface area contributed by atoms with Gasteiger partial charge in [-0.2, -0.15) is 0 Å². The van der Waals surface area contributed by atoms with Crippen LogP contribution in [0.3, 0.4) is 0 Å². The molecule has 0 nitrogen and oxygen atoms in total. The molecule has 0 unspecified atom stereocenters. The van der Waals surface area contributed by atoms with Crippen molar-refractivity contribution in [1.82, 2.24) is 0 Å². The Bertz CT molecular complexity index is 403. The van der Waals surface area contributed by atoms with Crippen LogP contribution in [0, 0.1) is 6.92 Å². The van der Waals surface area contributed by atoms with Gasteiger partial charge in [-0.05, 0) is 30.9 Å². The van der Waals surface area contributed by atoms with Gasteiger partial charge in [-0.3, -0.25) is 0 Å². The van der Waals surface area contributed by atoms with Crippen molar-refractivity contribution in [1.29, 1.82) is 0 Å². The van der Waals surface area contributed by atoms with Gasteiger partial charge in [-0.1, -0.05) is 23.7 Å². The molecule has 12 heavy (non-hydrogen) atoms. The maximum Gasteiger partial charge on any atom is 0.0584 e. The summed E-state index contributed by atoms with van der Waals surface area (Å²) in [5.74, 6) is 0. The number of halogens is 1. The zero-order valence-electron chi connectivity index (χ0n) is 6.51. The molecular formula is C10H8ClS. The minimum absolute atomic E-state index is 0.843. The van der Waals surface area contributed by atoms with Crippen molar-refractivity contribution >= 4 is 33.0 Å². The van der Waals surface area contributed by atoms with Crippen molar-refractivity contribution in [2.24, 2.45) is 0 Å². The molecule has 0 amide bonds. The molecule has 2 rings (SSSR count). The Balaban J connectivity index is 2.74. The molecule has 0 aliphatic carbocycles. The SMILES string of the molecule is [CH2]Cc1cc2cccc(Cl)c2s1. The number of hydrogen-bond donors (Lipinski definition) is 0. The number of fused-ring (bicyclic) bond motifs is 1. The molecule has 61 valence electrons. The predicted molar refractivity (Wildman–Crippen MR) is 55.9 cm³/mol. The van der Waals surface area contributed by atoms with Crippen molar-refractivity contribution in [2.45, 2.75) is 6.42 Å². The highest BCUT2D eigenvalue weighted by Gasteiger charge is 2.02. The third kappa shape index (κ3) is 1.23. The minimum Gasteiger partial charge on any atom is -0.139 e. The summed E-state index contributed by atoms with van der Waals surface area (Å²) < 4.78 is 1.18. The summed E-state index contributed by atoms with van der Waals surface area (Å²) in [6, 6.07) is 8.13. The van der Waals surface area contributed by atoms with Crippen LogP contribution in [-0.4, -0.2) is 0 Å². The molecule has 0 spiro atoms. The van der Waals surface area contributed by atoms with Gasteiger partial charge in [0.1, 0.15) is 0 Å². The lowest BCUT2D eigenvalue weighted by atomic mass is 10.2. The molecule has 1 aromatic heterocycles. The van der Waals surface area contributed by atoms with Crippen LogP contribution in [0.2, 0.25) is 5.02 Å². The van der Waals surface area contributed by atoms with E-state index < -0.39 is 0 Å². The van der Waals surface area contributed by atoms with Crippen LogP contribution in [0.1, 0.15) is 4.88 Å². The van der Waals surface area contributed by atoms with Gasteiger partial charge >= 0.3 is 0 Å². The van der Waals surface area contributed by atoms with E-state index in [-0.39, 0.29) is 0 Å². The largest absolute Gasteiger partial charge is 0.139 e. The summed E-state index contributed by atoms with van der Waals surface area (Å²) in [7, 11) is 0. The van der Waals surface area contributed by atoms with Crippen molar-refractivity contribution in [3.63, 3.8) is 0 Å². The first kappa shape index (κ1) is 8.09. The molecule has 0 aliphatic rings. The van der Waals surface area contributed by atoms with Gasteiger partial charge in [0.2, 0.25) is 0 Å². The highest BCUT2D eigenvalue weighted by molar-refractivity contribution is 7.19. The summed E-state index contributed by atoms with van der Waals surface area (Å²) >= 11 is 7.75. The van der Waals surface area contributed by atoms with Gasteiger partial charge in [0.15, 0.2) is 0 Å². The fourth-order valence-corrected chi connectivity index (χ4v) is 2.46. The van der Waals surface area contributed by atoms with Crippen LogP contribution in [-0.2, 0) is 6.42 Å². The Morgan fingerprint density at radius 1 is 1.42 bits per heavy atom. The Kier molecular flexibility index (Phi) is 2.07. The fourth-order valence-electron chi connectivity index (χ4n) is 1.20. The molecule has 0 fully saturated rings. The predicted octanol–water partition coefficient (Wildman–Crippen LogP) is 3.93. The van der Waals surface area contributed by atoms with E-state index in [0.29, 0.717) is 0 Å². The van der Waals surface area contributed by atoms with Gasteiger partial charge in [-0.15, -0.1) is 11.3 Å². The minimum atomic E-state index is 0.843. The molecule has 2 aromatic rings. The number of thiophene rings is 1. The van der Waals surface area contributed by atoms with Crippen molar-refractivity contribution in [3.8, 4) is 0 Å². The summed E-state index contributed by atoms with van der Waals surface area (Å²) in [5.41, 5.74) is 0. The lowest BCUT2D eigenvalue weighted by Crippen LogP contribution is -1.65. The van der Waals surface area contributed by atoms with Crippen LogP contribution < -0.4 is 0 Å². The highest BCUT2D eigenvalue weighted by Crippen LogP contribution is 2.31. The van der Waals surface area contributed by atoms with Crippen molar-refractivity contribution < 1.29 is 0 Å². The standard InChI is InChI=1S/C10H8ClS/c1-2-8-6-7-4-3-5-9(11)10(7)12-8/h3-6H,1-2H2. The summed E-state index contributed by atoms with van der Waals surface area (Å²) in [5, 5.41) is 2.07. The molecule has 0 atom stereocenters. The van der Waals surface area contributed by atoms with E-state index in [1.54, 1.807) is 11.3 Å². The molecule has 0 saturated carbocycles. The first-order valence-corrected chi connectivity index (χ1v) is 4.97. The molecule has 1 aromatic carbocycles. The van der Waals surface area contributed by atoms with E-state index in [0.717, 1.165) is 11.4 Å². The summed E-state index contributed by atoms with van der Waals surface area (Å²) in [6.45, 7) is 3.85. The second-order valence-corrected chi connectivity index (χ2v) is 4.16. The first-order chi connectivity index (χ1) is 5.81. The molecular weight excluding hydrogens is 188 g/mol. The van der Waals surface area contributed by atoms with Gasteiger partial charge < -0.3 is 0 Å². The maximum absolute atomic E-state index is 6.02. The van der Waals surface area contributed by atoms with E-state index in [1.165, 1.54) is 15.0 Å². The fraction of sp³-hybridized carbons (Fsp3) is 0.100. The lowest BCUT2D eigenvalue weighted by molar-refractivity contribution is 1.35. The highest BCUT2D eigenvalue weighted by atomic mass is 35.5. The van der Waals surface area contributed by atoms with Crippen LogP contribution in [0.4, 0.5) is 0 Å². The van der Waals surface area contributed by atoms with Crippen LogP contribution in [0.25, 0.3) is 10.1 Å². The average Bonchev–Trinajstić information content (AvgIpc) is 2.49. The lowest BCUT2D eigenvalue weighted by Gasteiger charge is -1.89. The van der Waals surface area contributed by atoms with Crippen molar-refractivity contribution in [2.75, 3.05) is 0 Å². The number of rotatable bonds is 1. The van der Waals surface area contributed by atoms with Crippen molar-refractivity contribution in [3.05, 3.63) is 41.1 Å². The molecule has 0 aliphatic heterocycles. The number of benzene rings is 1. The zero-order chi connectivity index (χ0) is 8.55. The smallest absolute Gasteiger partial charge is 0.0584 e. The van der Waals surface area contributed by atoms with Gasteiger partial charge in [0.05, 0.1) is 9.72 Å². The van der Waals surface area contributed by atoms with Crippen LogP contribution in [0.15, 0.2) is 24.3 Å². The first-order valence-electron chi connectivity index (χ1n) is 3.77. The van der Waals surface area contributed by atoms with E-state index in [1.807, 2.05) is 12.1 Å². The van der Waals surface area contributed by atoms with Crippen LogP contribution >= 0.6 is 22.9 Å². The molecule has 0 N–H and O–H groups in total. The normalized spacial score (nSPS) is 10.8. The Morgan fingerprint density at radius 2 is 2.25 bits per heavy atom. The average molecular weight is 196 g/mol. The van der Waals surface area contributed by atoms with E-state index in [4.69, 9.17) is 11.6 Å². The molecule has 0 saturated heterocycles. The molecule has 2 heteroatoms. The molecule has 1 heterocycles. The molecule has 0 bridgehead atoms. The van der Waals surface area contributed by atoms with Crippen LogP contribution in [0.5, 0.6) is 0 Å². The van der Waals surface area contributed by atoms with Gasteiger partial charge in [0, 0.05) is 4.88 Å². The third-order valence-corrected chi connectivity index (χ3v) is 3.46.